The highest BCUT2D eigenvalue weighted by atomic mass is 35.5. The Morgan fingerprint density at radius 1 is 1.40 bits per heavy atom. The Kier molecular flexibility index (Phi) is 5.14. The Morgan fingerprint density at radius 3 is 2.75 bits per heavy atom. The Bertz CT molecular complexity index is 484. The molecule has 1 heterocycles. The highest BCUT2D eigenvalue weighted by molar-refractivity contribution is 6.29. The maximum absolute atomic E-state index is 10.9. The van der Waals surface area contributed by atoms with Gasteiger partial charge in [-0.15, -0.1) is 0 Å². The Labute approximate surface area is 122 Å². The fraction of sp³-hybridized carbons (Fsp3) is 0.615. The summed E-state index contributed by atoms with van der Waals surface area (Å²) in [5, 5.41) is 23.6. The van der Waals surface area contributed by atoms with E-state index in [1.165, 1.54) is 12.1 Å². The van der Waals surface area contributed by atoms with Gasteiger partial charge in [0.2, 0.25) is 5.82 Å². The van der Waals surface area contributed by atoms with Gasteiger partial charge in [0.05, 0.1) is 4.92 Å². The van der Waals surface area contributed by atoms with Gasteiger partial charge >= 0.3 is 5.69 Å². The smallest absolute Gasteiger partial charge is 0.311 e. The van der Waals surface area contributed by atoms with Crippen molar-refractivity contribution in [2.75, 3.05) is 18.5 Å². The summed E-state index contributed by atoms with van der Waals surface area (Å²) in [7, 11) is 0. The van der Waals surface area contributed by atoms with Crippen LogP contribution >= 0.6 is 11.6 Å². The number of nitrogens with zero attached hydrogens (tertiary/aromatic N) is 2. The number of anilines is 1. The molecule has 2 unspecified atom stereocenters. The van der Waals surface area contributed by atoms with Crippen LogP contribution in [0.3, 0.4) is 0 Å². The topological polar surface area (TPSA) is 88.3 Å². The number of nitrogens with one attached hydrogen (secondary N) is 1. The Balaban J connectivity index is 2.06. The number of aromatic nitrogens is 1. The molecule has 0 spiro atoms. The molecule has 0 amide bonds. The molecule has 7 heteroatoms. The van der Waals surface area contributed by atoms with Crippen LogP contribution in [0.4, 0.5) is 11.5 Å². The number of aliphatic hydroxyl groups excluding tert-OH is 1. The molecule has 6 nitrogen and oxygen atoms in total. The summed E-state index contributed by atoms with van der Waals surface area (Å²) in [6.07, 6.45) is 4.30. The van der Waals surface area contributed by atoms with Crippen LogP contribution in [0.1, 0.15) is 25.7 Å². The van der Waals surface area contributed by atoms with E-state index in [1.807, 2.05) is 0 Å². The number of hydrogen-bond acceptors (Lipinski definition) is 5. The minimum absolute atomic E-state index is 0.0780. The molecule has 0 aromatic carbocycles. The van der Waals surface area contributed by atoms with Crippen LogP contribution in [0.5, 0.6) is 0 Å². The van der Waals surface area contributed by atoms with Crippen molar-refractivity contribution in [1.82, 2.24) is 4.98 Å². The van der Waals surface area contributed by atoms with E-state index < -0.39 is 4.92 Å². The van der Waals surface area contributed by atoms with E-state index in [2.05, 4.69) is 10.3 Å². The first-order valence-electron chi connectivity index (χ1n) is 6.77. The molecule has 0 bridgehead atoms. The van der Waals surface area contributed by atoms with E-state index in [1.54, 1.807) is 0 Å². The van der Waals surface area contributed by atoms with E-state index in [4.69, 9.17) is 11.6 Å². The molecule has 110 valence electrons. The molecular weight excluding hydrogens is 282 g/mol. The monoisotopic (exact) mass is 299 g/mol. The van der Waals surface area contributed by atoms with E-state index >= 15 is 0 Å². The number of halogens is 1. The van der Waals surface area contributed by atoms with Gasteiger partial charge in [-0.05, 0) is 30.7 Å². The maximum atomic E-state index is 10.9. The predicted molar refractivity (Wildman–Crippen MR) is 76.9 cm³/mol. The number of nitro groups is 1. The van der Waals surface area contributed by atoms with E-state index in [0.29, 0.717) is 12.5 Å². The van der Waals surface area contributed by atoms with Crippen LogP contribution in [0, 0.1) is 22.0 Å². The number of hydrogen-bond donors (Lipinski definition) is 2. The van der Waals surface area contributed by atoms with E-state index in [0.717, 1.165) is 25.7 Å². The van der Waals surface area contributed by atoms with Crippen molar-refractivity contribution in [3.05, 3.63) is 27.4 Å². The third kappa shape index (κ3) is 3.58. The summed E-state index contributed by atoms with van der Waals surface area (Å²) in [4.78, 5) is 14.5. The lowest BCUT2D eigenvalue weighted by molar-refractivity contribution is -0.384. The minimum atomic E-state index is -0.476. The molecule has 1 aromatic rings. The lowest BCUT2D eigenvalue weighted by atomic mass is 9.79. The second-order valence-corrected chi connectivity index (χ2v) is 5.51. The highest BCUT2D eigenvalue weighted by Crippen LogP contribution is 2.31. The molecule has 1 aliphatic carbocycles. The molecule has 2 N–H and O–H groups in total. The summed E-state index contributed by atoms with van der Waals surface area (Å²) >= 11 is 5.79. The van der Waals surface area contributed by atoms with Gasteiger partial charge in [-0.1, -0.05) is 24.4 Å². The Morgan fingerprint density at radius 2 is 2.10 bits per heavy atom. The van der Waals surface area contributed by atoms with Crippen molar-refractivity contribution in [2.45, 2.75) is 25.7 Å². The number of aliphatic hydroxyl groups is 1. The molecule has 0 saturated heterocycles. The van der Waals surface area contributed by atoms with Crippen molar-refractivity contribution in [2.24, 2.45) is 11.8 Å². The standard InChI is InChI=1S/C13H18ClN3O3/c14-12-6-5-11(17(19)20)13(16-12)15-7-9-3-1-2-4-10(9)8-18/h5-6,9-10,18H,1-4,7-8H2,(H,15,16). The van der Waals surface area contributed by atoms with Crippen LogP contribution < -0.4 is 5.32 Å². The van der Waals surface area contributed by atoms with E-state index in [9.17, 15) is 15.2 Å². The zero-order valence-corrected chi connectivity index (χ0v) is 11.8. The van der Waals surface area contributed by atoms with Crippen LogP contribution in [0.25, 0.3) is 0 Å². The molecule has 0 radical (unpaired) electrons. The molecule has 1 saturated carbocycles. The summed E-state index contributed by atoms with van der Waals surface area (Å²) in [6, 6.07) is 2.75. The van der Waals surface area contributed by atoms with Crippen LogP contribution in [0.15, 0.2) is 12.1 Å². The summed E-state index contributed by atoms with van der Waals surface area (Å²) in [5.41, 5.74) is -0.0780. The van der Waals surface area contributed by atoms with E-state index in [-0.39, 0.29) is 29.2 Å². The first-order chi connectivity index (χ1) is 9.61. The molecule has 0 aliphatic heterocycles. The zero-order chi connectivity index (χ0) is 14.5. The van der Waals surface area contributed by atoms with Crippen LogP contribution in [-0.4, -0.2) is 28.2 Å². The molecule has 1 aliphatic rings. The summed E-state index contributed by atoms with van der Waals surface area (Å²) in [5.74, 6) is 0.772. The molecule has 2 atom stereocenters. The third-order valence-electron chi connectivity index (χ3n) is 3.87. The fourth-order valence-electron chi connectivity index (χ4n) is 2.73. The summed E-state index contributed by atoms with van der Waals surface area (Å²) in [6.45, 7) is 0.733. The van der Waals surface area contributed by atoms with Gasteiger partial charge in [0.25, 0.3) is 0 Å². The van der Waals surface area contributed by atoms with Gasteiger partial charge in [-0.25, -0.2) is 4.98 Å². The van der Waals surface area contributed by atoms with Gasteiger partial charge in [-0.3, -0.25) is 10.1 Å². The normalized spacial score (nSPS) is 22.5. The predicted octanol–water partition coefficient (Wildman–Crippen LogP) is 2.85. The highest BCUT2D eigenvalue weighted by Gasteiger charge is 2.25. The van der Waals surface area contributed by atoms with Gasteiger partial charge < -0.3 is 10.4 Å². The SMILES string of the molecule is O=[N+]([O-])c1ccc(Cl)nc1NCC1CCCCC1CO. The van der Waals surface area contributed by atoms with Crippen molar-refractivity contribution in [3.8, 4) is 0 Å². The van der Waals surface area contributed by atoms with Crippen LogP contribution in [-0.2, 0) is 0 Å². The lowest BCUT2D eigenvalue weighted by Crippen LogP contribution is -2.29. The fourth-order valence-corrected chi connectivity index (χ4v) is 2.87. The Hall–Kier alpha value is -1.40. The minimum Gasteiger partial charge on any atom is -0.396 e. The van der Waals surface area contributed by atoms with Crippen molar-refractivity contribution >= 4 is 23.1 Å². The molecule has 2 rings (SSSR count). The number of pyridine rings is 1. The zero-order valence-electron chi connectivity index (χ0n) is 11.1. The van der Waals surface area contributed by atoms with Crippen molar-refractivity contribution < 1.29 is 10.0 Å². The average Bonchev–Trinajstić information content (AvgIpc) is 2.45. The van der Waals surface area contributed by atoms with Crippen molar-refractivity contribution in [3.63, 3.8) is 0 Å². The van der Waals surface area contributed by atoms with Crippen molar-refractivity contribution in [1.29, 1.82) is 0 Å². The average molecular weight is 300 g/mol. The summed E-state index contributed by atoms with van der Waals surface area (Å²) < 4.78 is 0. The largest absolute Gasteiger partial charge is 0.396 e. The van der Waals surface area contributed by atoms with Gasteiger partial charge in [0.1, 0.15) is 5.15 Å². The molecule has 1 fully saturated rings. The molecule has 20 heavy (non-hydrogen) atoms. The lowest BCUT2D eigenvalue weighted by Gasteiger charge is -2.30. The quantitative estimate of drug-likeness (QED) is 0.496. The van der Waals surface area contributed by atoms with Gasteiger partial charge in [0.15, 0.2) is 0 Å². The second-order valence-electron chi connectivity index (χ2n) is 5.13. The second kappa shape index (κ2) is 6.85. The first-order valence-corrected chi connectivity index (χ1v) is 7.15. The van der Waals surface area contributed by atoms with Gasteiger partial charge in [-0.2, -0.15) is 0 Å². The van der Waals surface area contributed by atoms with Gasteiger partial charge in [0, 0.05) is 19.2 Å². The molecule has 1 aromatic heterocycles. The van der Waals surface area contributed by atoms with Crippen LogP contribution in [0.2, 0.25) is 5.15 Å². The number of rotatable bonds is 5. The third-order valence-corrected chi connectivity index (χ3v) is 4.08. The first kappa shape index (κ1) is 15.0. The maximum Gasteiger partial charge on any atom is 0.311 e. The molecular formula is C13H18ClN3O3.